The van der Waals surface area contributed by atoms with Crippen molar-refractivity contribution < 1.29 is 0 Å². The van der Waals surface area contributed by atoms with Crippen molar-refractivity contribution in [2.45, 2.75) is 12.1 Å². The van der Waals surface area contributed by atoms with Crippen molar-refractivity contribution in [3.05, 3.63) is 70.7 Å². The average Bonchev–Trinajstić information content (AvgIpc) is 3.09. The molecule has 0 bridgehead atoms. The molecule has 0 aliphatic carbocycles. The smallest absolute Gasteiger partial charge is 0.160 e. The van der Waals surface area contributed by atoms with E-state index in [4.69, 9.17) is 16.6 Å². The Morgan fingerprint density at radius 3 is 2.52 bits per heavy atom. The zero-order valence-corrected chi connectivity index (χ0v) is 13.0. The van der Waals surface area contributed by atoms with Crippen molar-refractivity contribution in [1.29, 1.82) is 0 Å². The van der Waals surface area contributed by atoms with Crippen LogP contribution < -0.4 is 0 Å². The lowest BCUT2D eigenvalue weighted by atomic mass is 9.94. The van der Waals surface area contributed by atoms with Gasteiger partial charge in [0.2, 0.25) is 0 Å². The number of benzene rings is 2. The Labute approximate surface area is 133 Å². The summed E-state index contributed by atoms with van der Waals surface area (Å²) in [6.07, 6.45) is 0. The van der Waals surface area contributed by atoms with Gasteiger partial charge in [0.15, 0.2) is 5.17 Å². The Hall–Kier alpha value is -1.45. The highest BCUT2D eigenvalue weighted by Gasteiger charge is 2.40. The van der Waals surface area contributed by atoms with Gasteiger partial charge in [-0.15, -0.1) is 0 Å². The molecule has 0 amide bonds. The van der Waals surface area contributed by atoms with Crippen molar-refractivity contribution >= 4 is 28.5 Å². The van der Waals surface area contributed by atoms with Gasteiger partial charge in [0.05, 0.1) is 6.04 Å². The lowest BCUT2D eigenvalue weighted by Gasteiger charge is -2.27. The Balaban J connectivity index is 1.76. The van der Waals surface area contributed by atoms with Crippen LogP contribution in [0.2, 0.25) is 5.02 Å². The fourth-order valence-corrected chi connectivity index (χ4v) is 4.23. The van der Waals surface area contributed by atoms with E-state index in [-0.39, 0.29) is 6.04 Å². The summed E-state index contributed by atoms with van der Waals surface area (Å²) in [5.74, 6) is 1.13. The minimum Gasteiger partial charge on any atom is -0.341 e. The van der Waals surface area contributed by atoms with Crippen molar-refractivity contribution in [3.8, 4) is 0 Å². The van der Waals surface area contributed by atoms with Crippen molar-refractivity contribution in [2.24, 2.45) is 4.99 Å². The molecule has 0 saturated carbocycles. The molecule has 2 atom stereocenters. The van der Waals surface area contributed by atoms with Crippen LogP contribution in [-0.4, -0.2) is 22.4 Å². The molecule has 2 aromatic carbocycles. The van der Waals surface area contributed by atoms with Crippen LogP contribution in [0.1, 0.15) is 23.2 Å². The van der Waals surface area contributed by atoms with Gasteiger partial charge in [-0.3, -0.25) is 4.99 Å². The quantitative estimate of drug-likeness (QED) is 0.808. The van der Waals surface area contributed by atoms with Gasteiger partial charge in [0.25, 0.3) is 0 Å². The normalized spacial score (nSPS) is 24.0. The summed E-state index contributed by atoms with van der Waals surface area (Å²) in [6.45, 7) is 1.08. The zero-order chi connectivity index (χ0) is 14.2. The van der Waals surface area contributed by atoms with Crippen LogP contribution in [0.4, 0.5) is 0 Å². The molecule has 2 aliphatic rings. The first kappa shape index (κ1) is 13.2. The van der Waals surface area contributed by atoms with Gasteiger partial charge in [-0.05, 0) is 23.3 Å². The summed E-state index contributed by atoms with van der Waals surface area (Å²) >= 11 is 7.88. The molecule has 0 spiro atoms. The van der Waals surface area contributed by atoms with E-state index in [0.29, 0.717) is 6.04 Å². The van der Waals surface area contributed by atoms with E-state index in [1.165, 1.54) is 16.3 Å². The molecule has 4 rings (SSSR count). The van der Waals surface area contributed by atoms with E-state index in [1.54, 1.807) is 0 Å². The summed E-state index contributed by atoms with van der Waals surface area (Å²) in [6, 6.07) is 19.3. The molecule has 106 valence electrons. The van der Waals surface area contributed by atoms with Gasteiger partial charge in [0, 0.05) is 17.3 Å². The number of hydrogen-bond acceptors (Lipinski definition) is 3. The Morgan fingerprint density at radius 2 is 1.76 bits per heavy atom. The molecule has 2 aliphatic heterocycles. The SMILES string of the molecule is Clc1ccc(C2N=C3SCCN3C2c2ccccc2)cc1. The minimum absolute atomic E-state index is 0.160. The van der Waals surface area contributed by atoms with Crippen molar-refractivity contribution in [3.63, 3.8) is 0 Å². The van der Waals surface area contributed by atoms with Crippen LogP contribution in [0, 0.1) is 0 Å². The summed E-state index contributed by atoms with van der Waals surface area (Å²) in [5, 5.41) is 1.96. The topological polar surface area (TPSA) is 15.6 Å². The molecule has 1 saturated heterocycles. The maximum Gasteiger partial charge on any atom is 0.160 e. The number of amidine groups is 1. The highest BCUT2D eigenvalue weighted by molar-refractivity contribution is 8.14. The van der Waals surface area contributed by atoms with E-state index in [0.717, 1.165) is 17.3 Å². The van der Waals surface area contributed by atoms with Crippen LogP contribution in [0.25, 0.3) is 0 Å². The maximum absolute atomic E-state index is 6.02. The summed E-state index contributed by atoms with van der Waals surface area (Å²) < 4.78 is 0. The highest BCUT2D eigenvalue weighted by Crippen LogP contribution is 2.46. The molecule has 0 N–H and O–H groups in total. The molecule has 2 unspecified atom stereocenters. The van der Waals surface area contributed by atoms with Crippen LogP contribution in [0.15, 0.2) is 59.6 Å². The van der Waals surface area contributed by atoms with Crippen LogP contribution >= 0.6 is 23.4 Å². The summed E-state index contributed by atoms with van der Waals surface area (Å²) in [4.78, 5) is 7.41. The lowest BCUT2D eigenvalue weighted by molar-refractivity contribution is 0.335. The second-order valence-corrected chi connectivity index (χ2v) is 6.80. The van der Waals surface area contributed by atoms with Gasteiger partial charge in [-0.25, -0.2) is 0 Å². The fraction of sp³-hybridized carbons (Fsp3) is 0.235. The Kier molecular flexibility index (Phi) is 3.40. The molecular formula is C17H15ClN2S. The molecule has 0 aromatic heterocycles. The number of fused-ring (bicyclic) bond motifs is 1. The summed E-state index contributed by atoms with van der Waals surface area (Å²) in [5.41, 5.74) is 2.56. The number of aliphatic imine (C=N–C) groups is 1. The zero-order valence-electron chi connectivity index (χ0n) is 11.4. The fourth-order valence-electron chi connectivity index (χ4n) is 3.07. The predicted octanol–water partition coefficient (Wildman–Crippen LogP) is 4.54. The second-order valence-electron chi connectivity index (χ2n) is 5.31. The number of thioether (sulfide) groups is 1. The van der Waals surface area contributed by atoms with Crippen LogP contribution in [-0.2, 0) is 0 Å². The maximum atomic E-state index is 6.02. The third kappa shape index (κ3) is 2.34. The number of hydrogen-bond donors (Lipinski definition) is 0. The molecule has 4 heteroatoms. The van der Waals surface area contributed by atoms with Gasteiger partial charge in [-0.1, -0.05) is 65.8 Å². The highest BCUT2D eigenvalue weighted by atomic mass is 35.5. The van der Waals surface area contributed by atoms with Gasteiger partial charge < -0.3 is 4.90 Å². The lowest BCUT2D eigenvalue weighted by Crippen LogP contribution is -2.27. The number of halogens is 1. The molecule has 2 aromatic rings. The predicted molar refractivity (Wildman–Crippen MR) is 90.0 cm³/mol. The Morgan fingerprint density at radius 1 is 1.00 bits per heavy atom. The largest absolute Gasteiger partial charge is 0.341 e. The van der Waals surface area contributed by atoms with Crippen LogP contribution in [0.5, 0.6) is 0 Å². The Bertz CT molecular complexity index is 669. The molecule has 2 heterocycles. The van der Waals surface area contributed by atoms with Gasteiger partial charge >= 0.3 is 0 Å². The van der Waals surface area contributed by atoms with E-state index >= 15 is 0 Å². The third-order valence-corrected chi connectivity index (χ3v) is 5.28. The molecular weight excluding hydrogens is 300 g/mol. The monoisotopic (exact) mass is 314 g/mol. The van der Waals surface area contributed by atoms with Crippen molar-refractivity contribution in [2.75, 3.05) is 12.3 Å². The summed E-state index contributed by atoms with van der Waals surface area (Å²) in [7, 11) is 0. The molecule has 21 heavy (non-hydrogen) atoms. The average molecular weight is 315 g/mol. The number of nitrogens with zero attached hydrogens (tertiary/aromatic N) is 2. The van der Waals surface area contributed by atoms with E-state index in [1.807, 2.05) is 23.9 Å². The molecule has 2 nitrogen and oxygen atoms in total. The first-order valence-corrected chi connectivity index (χ1v) is 8.47. The van der Waals surface area contributed by atoms with E-state index < -0.39 is 0 Å². The first-order chi connectivity index (χ1) is 10.3. The van der Waals surface area contributed by atoms with Gasteiger partial charge in [-0.2, -0.15) is 0 Å². The number of rotatable bonds is 2. The standard InChI is InChI=1S/C17H15ClN2S/c18-14-8-6-12(7-9-14)15-16(13-4-2-1-3-5-13)20-10-11-21-17(20)19-15/h1-9,15-16H,10-11H2. The first-order valence-electron chi connectivity index (χ1n) is 7.10. The van der Waals surface area contributed by atoms with Crippen LogP contribution in [0.3, 0.4) is 0 Å². The van der Waals surface area contributed by atoms with Crippen molar-refractivity contribution in [1.82, 2.24) is 4.90 Å². The third-order valence-electron chi connectivity index (χ3n) is 4.05. The van der Waals surface area contributed by atoms with E-state index in [9.17, 15) is 0 Å². The van der Waals surface area contributed by atoms with Gasteiger partial charge in [0.1, 0.15) is 6.04 Å². The van der Waals surface area contributed by atoms with E-state index in [2.05, 4.69) is 47.4 Å². The second kappa shape index (κ2) is 5.39. The minimum atomic E-state index is 0.160. The molecule has 0 radical (unpaired) electrons. The molecule has 1 fully saturated rings.